The average Bonchev–Trinajstić information content (AvgIpc) is 2.55. The van der Waals surface area contributed by atoms with Crippen molar-refractivity contribution in [1.82, 2.24) is 0 Å². The van der Waals surface area contributed by atoms with Gasteiger partial charge in [0.15, 0.2) is 6.29 Å². The second-order valence-corrected chi connectivity index (χ2v) is 6.26. The maximum absolute atomic E-state index is 10.5. The van der Waals surface area contributed by atoms with Gasteiger partial charge in [-0.15, -0.1) is 5.92 Å². The molecule has 1 spiro atoms. The summed E-state index contributed by atoms with van der Waals surface area (Å²) in [4.78, 5) is 11.3. The summed E-state index contributed by atoms with van der Waals surface area (Å²) in [6.45, 7) is 6.12. The van der Waals surface area contributed by atoms with Crippen LogP contribution in [0.3, 0.4) is 0 Å². The van der Waals surface area contributed by atoms with E-state index < -0.39 is 17.7 Å². The summed E-state index contributed by atoms with van der Waals surface area (Å²) in [5.41, 5.74) is -0.706. The largest absolute Gasteiger partial charge is 0.365 e. The second-order valence-electron chi connectivity index (χ2n) is 6.26. The maximum Gasteiger partial charge on any atom is 0.201 e. The van der Waals surface area contributed by atoms with E-state index in [1.807, 2.05) is 13.8 Å². The zero-order valence-corrected chi connectivity index (χ0v) is 14.8. The minimum Gasteiger partial charge on any atom is -0.365 e. The first-order valence-corrected chi connectivity index (χ1v) is 7.04. The minimum atomic E-state index is -0.896. The third-order valence-corrected chi connectivity index (χ3v) is 5.20. The number of aliphatic hydroxyl groups is 1. The van der Waals surface area contributed by atoms with Crippen LogP contribution in [0.4, 0.5) is 0 Å². The molecule has 4 aliphatic rings. The van der Waals surface area contributed by atoms with Gasteiger partial charge in [0.05, 0.1) is 0 Å². The van der Waals surface area contributed by atoms with Crippen molar-refractivity contribution in [3.8, 4) is 0 Å². The number of fused-ring (bicyclic) bond motifs is 3. The topological polar surface area (TPSA) is 47.9 Å². The Morgan fingerprint density at radius 3 is 2.58 bits per heavy atom. The fraction of sp³-hybridized carbons (Fsp3) is 0.929. The van der Waals surface area contributed by atoms with Crippen LogP contribution in [0.5, 0.6) is 0 Å². The molecule has 0 aromatic rings. The molecule has 107 valence electrons. The van der Waals surface area contributed by atoms with Crippen LogP contribution < -0.4 is 0 Å². The van der Waals surface area contributed by atoms with Crippen LogP contribution in [-0.2, 0) is 47.2 Å². The molecule has 4 fully saturated rings. The summed E-state index contributed by atoms with van der Waals surface area (Å²) in [6.07, 6.45) is 5.19. The van der Waals surface area contributed by atoms with Crippen molar-refractivity contribution in [3.63, 3.8) is 0 Å². The number of rotatable bonds is 1. The van der Waals surface area contributed by atoms with Crippen molar-refractivity contribution >= 4 is 0 Å². The molecule has 19 heavy (non-hydrogen) atoms. The molecule has 0 aromatic carbocycles. The van der Waals surface area contributed by atoms with Crippen molar-refractivity contribution in [2.75, 3.05) is 0 Å². The molecule has 3 heterocycles. The Morgan fingerprint density at radius 2 is 1.95 bits per heavy atom. The summed E-state index contributed by atoms with van der Waals surface area (Å²) >= 11 is 0. The molecule has 4 nitrogen and oxygen atoms in total. The van der Waals surface area contributed by atoms with E-state index in [1.54, 1.807) is 0 Å². The van der Waals surface area contributed by atoms with E-state index in [1.165, 1.54) is 6.42 Å². The molecule has 5 heteroatoms. The van der Waals surface area contributed by atoms with Crippen molar-refractivity contribution in [2.45, 2.75) is 64.1 Å². The molecule has 2 bridgehead atoms. The van der Waals surface area contributed by atoms with Crippen LogP contribution in [0.25, 0.3) is 0 Å². The number of hydrogen-bond donors (Lipinski definition) is 1. The molecule has 3 saturated heterocycles. The Kier molecular flexibility index (Phi) is 4.83. The van der Waals surface area contributed by atoms with Gasteiger partial charge >= 0.3 is 0 Å². The molecule has 0 unspecified atom stereocenters. The fourth-order valence-electron chi connectivity index (χ4n) is 4.08. The van der Waals surface area contributed by atoms with Gasteiger partial charge in [0.25, 0.3) is 0 Å². The van der Waals surface area contributed by atoms with Gasteiger partial charge in [-0.05, 0) is 25.2 Å². The molecular weight excluding hydrogens is 321 g/mol. The summed E-state index contributed by atoms with van der Waals surface area (Å²) < 4.78 is 5.73. The van der Waals surface area contributed by atoms with Crippen molar-refractivity contribution in [1.29, 1.82) is 0 Å². The Balaban J connectivity index is 0.00000133. The van der Waals surface area contributed by atoms with Crippen LogP contribution in [0, 0.1) is 24.2 Å². The Hall–Kier alpha value is 0.944. The zero-order valence-electron chi connectivity index (χ0n) is 12.0. The van der Waals surface area contributed by atoms with Gasteiger partial charge in [0.2, 0.25) is 5.79 Å². The Labute approximate surface area is 140 Å². The first-order valence-electron chi connectivity index (χ1n) is 7.04. The molecule has 1 radical (unpaired) electrons. The normalized spacial score (nSPS) is 53.1. The first kappa shape index (κ1) is 16.3. The van der Waals surface area contributed by atoms with E-state index in [4.69, 9.17) is 14.5 Å². The van der Waals surface area contributed by atoms with E-state index in [0.717, 1.165) is 19.3 Å². The van der Waals surface area contributed by atoms with Crippen molar-refractivity contribution in [2.24, 2.45) is 17.8 Å². The predicted molar refractivity (Wildman–Crippen MR) is 65.0 cm³/mol. The quantitative estimate of drug-likeness (QED) is 0.586. The number of aliphatic hydroxyl groups excluding tert-OH is 1. The van der Waals surface area contributed by atoms with Gasteiger partial charge in [0.1, 0.15) is 5.60 Å². The van der Waals surface area contributed by atoms with E-state index in [2.05, 4.69) is 13.3 Å². The summed E-state index contributed by atoms with van der Waals surface area (Å²) in [5, 5.41) is 10.5. The summed E-state index contributed by atoms with van der Waals surface area (Å²) in [7, 11) is 0. The van der Waals surface area contributed by atoms with E-state index >= 15 is 0 Å². The molecular formula is C14H23O4Y-. The standard InChI is InChI=1S/C14H23O4.Y/c1-4-10-6-5-9(2)11-7-8-13(3)16-12(15)14(10,11)18-17-13;/h4,9-12,15H,5-8H2,1-3H3;/q-1;/t9-,10-,11+,12-,13-,14+;/m1./s1. The van der Waals surface area contributed by atoms with Crippen LogP contribution in [0.15, 0.2) is 0 Å². The molecule has 1 N–H and O–H groups in total. The van der Waals surface area contributed by atoms with E-state index in [9.17, 15) is 5.11 Å². The SMILES string of the molecule is C[CH-][C@@H]1CC[C@@H](C)[C@@H]2CC[C@@]3(C)OO[C@@]12[C@H](O)O3.[Y]. The molecule has 0 aromatic heterocycles. The van der Waals surface area contributed by atoms with Crippen LogP contribution in [-0.4, -0.2) is 22.8 Å². The van der Waals surface area contributed by atoms with Gasteiger partial charge < -0.3 is 16.3 Å². The monoisotopic (exact) mass is 344 g/mol. The van der Waals surface area contributed by atoms with E-state index in [0.29, 0.717) is 11.8 Å². The Morgan fingerprint density at radius 1 is 1.21 bits per heavy atom. The molecule has 1 saturated carbocycles. The summed E-state index contributed by atoms with van der Waals surface area (Å²) in [5.74, 6) is 0.228. The molecule has 4 rings (SSSR count). The third kappa shape index (κ3) is 2.37. The van der Waals surface area contributed by atoms with Gasteiger partial charge in [-0.25, -0.2) is 9.78 Å². The van der Waals surface area contributed by atoms with Gasteiger partial charge in [-0.3, -0.25) is 0 Å². The number of hydrogen-bond acceptors (Lipinski definition) is 4. The maximum atomic E-state index is 10.5. The Bertz CT molecular complexity index is 339. The zero-order chi connectivity index (χ0) is 13.0. The predicted octanol–water partition coefficient (Wildman–Crippen LogP) is 2.42. The van der Waals surface area contributed by atoms with Gasteiger partial charge in [-0.2, -0.15) is 6.92 Å². The van der Waals surface area contributed by atoms with Crippen LogP contribution in [0.2, 0.25) is 0 Å². The molecule has 1 aliphatic carbocycles. The minimum absolute atomic E-state index is 0. The van der Waals surface area contributed by atoms with Gasteiger partial charge in [0, 0.05) is 39.1 Å². The van der Waals surface area contributed by atoms with Crippen LogP contribution >= 0.6 is 0 Å². The van der Waals surface area contributed by atoms with Crippen molar-refractivity contribution < 1.29 is 52.3 Å². The molecule has 3 aliphatic heterocycles. The van der Waals surface area contributed by atoms with E-state index in [-0.39, 0.29) is 38.6 Å². The molecule has 6 atom stereocenters. The third-order valence-electron chi connectivity index (χ3n) is 5.20. The average molecular weight is 344 g/mol. The second kappa shape index (κ2) is 5.62. The summed E-state index contributed by atoms with van der Waals surface area (Å²) in [6, 6.07) is 0. The first-order chi connectivity index (χ1) is 8.52. The van der Waals surface area contributed by atoms with Crippen LogP contribution in [0.1, 0.15) is 46.5 Å². The van der Waals surface area contributed by atoms with Gasteiger partial charge in [-0.1, -0.05) is 19.8 Å². The smallest absolute Gasteiger partial charge is 0.201 e. The fourth-order valence-corrected chi connectivity index (χ4v) is 4.08. The van der Waals surface area contributed by atoms with Crippen molar-refractivity contribution in [3.05, 3.63) is 6.42 Å². The number of ether oxygens (including phenoxy) is 1. The molecule has 0 amide bonds.